The molecule has 0 saturated carbocycles. The maximum absolute atomic E-state index is 13.3. The van der Waals surface area contributed by atoms with Crippen molar-refractivity contribution in [3.8, 4) is 5.75 Å². The maximum atomic E-state index is 13.3. The summed E-state index contributed by atoms with van der Waals surface area (Å²) in [5, 5.41) is 6.12. The Morgan fingerprint density at radius 3 is 2.62 bits per heavy atom. The molecule has 0 unspecified atom stereocenters. The van der Waals surface area contributed by atoms with E-state index >= 15 is 0 Å². The first-order chi connectivity index (χ1) is 16.4. The lowest BCUT2D eigenvalue weighted by atomic mass is 10.0. The zero-order chi connectivity index (χ0) is 24.2. The van der Waals surface area contributed by atoms with Crippen molar-refractivity contribution < 1.29 is 23.5 Å². The minimum Gasteiger partial charge on any atom is -0.497 e. The van der Waals surface area contributed by atoms with E-state index in [4.69, 9.17) is 9.15 Å². The molecule has 10 nitrogen and oxygen atoms in total. The van der Waals surface area contributed by atoms with Crippen LogP contribution in [0.25, 0.3) is 0 Å². The molecular weight excluding hydrogens is 438 g/mol. The number of amides is 4. The minimum absolute atomic E-state index is 0.0259. The van der Waals surface area contributed by atoms with Gasteiger partial charge in [0.15, 0.2) is 0 Å². The Kier molecular flexibility index (Phi) is 7.06. The Bertz CT molecular complexity index is 1010. The van der Waals surface area contributed by atoms with Crippen LogP contribution in [0.1, 0.15) is 31.1 Å². The minimum atomic E-state index is -0.614. The average molecular weight is 470 g/mol. The summed E-state index contributed by atoms with van der Waals surface area (Å²) < 4.78 is 10.6. The highest BCUT2D eigenvalue weighted by Gasteiger charge is 2.50. The first-order valence-corrected chi connectivity index (χ1v) is 11.5. The highest BCUT2D eigenvalue weighted by Crippen LogP contribution is 2.28. The van der Waals surface area contributed by atoms with E-state index in [1.807, 2.05) is 37.3 Å². The fraction of sp³-hybridized carbons (Fsp3) is 0.458. The molecule has 10 heteroatoms. The molecule has 1 aromatic heterocycles. The average Bonchev–Trinajstić information content (AvgIpc) is 3.33. The first kappa shape index (κ1) is 23.6. The molecule has 1 N–H and O–H groups in total. The van der Waals surface area contributed by atoms with Crippen molar-refractivity contribution >= 4 is 17.8 Å². The third-order valence-electron chi connectivity index (χ3n) is 6.24. The number of ether oxygens (including phenoxy) is 1. The van der Waals surface area contributed by atoms with Crippen molar-refractivity contribution in [1.29, 1.82) is 0 Å². The number of urea groups is 1. The third-order valence-corrected chi connectivity index (χ3v) is 6.24. The van der Waals surface area contributed by atoms with Crippen molar-refractivity contribution in [1.82, 2.24) is 25.1 Å². The molecule has 2 atom stereocenters. The number of furan rings is 1. The highest BCUT2D eigenvalue weighted by atomic mass is 16.5. The molecule has 3 heterocycles. The smallest absolute Gasteiger partial charge is 0.334 e. The Labute approximate surface area is 199 Å². The lowest BCUT2D eigenvalue weighted by molar-refractivity contribution is -0.188. The summed E-state index contributed by atoms with van der Waals surface area (Å²) in [6.45, 7) is 2.81. The van der Waals surface area contributed by atoms with Crippen LogP contribution in [-0.2, 0) is 22.7 Å². The fourth-order valence-electron chi connectivity index (χ4n) is 4.59. The van der Waals surface area contributed by atoms with Crippen LogP contribution < -0.4 is 10.1 Å². The van der Waals surface area contributed by atoms with E-state index in [-0.39, 0.29) is 37.5 Å². The summed E-state index contributed by atoms with van der Waals surface area (Å²) in [5.74, 6) is 1.12. The van der Waals surface area contributed by atoms with Crippen LogP contribution in [0.4, 0.5) is 4.79 Å². The van der Waals surface area contributed by atoms with Crippen LogP contribution in [0.5, 0.6) is 5.75 Å². The molecule has 2 saturated heterocycles. The number of rotatable bonds is 7. The molecule has 182 valence electrons. The van der Waals surface area contributed by atoms with Crippen molar-refractivity contribution in [2.45, 2.75) is 45.1 Å². The van der Waals surface area contributed by atoms with Gasteiger partial charge in [0.1, 0.15) is 23.7 Å². The molecular formula is C24H31N5O5. The van der Waals surface area contributed by atoms with Gasteiger partial charge in [-0.2, -0.15) is 0 Å². The molecule has 0 radical (unpaired) electrons. The number of benzene rings is 1. The number of hydrogen-bond donors (Lipinski definition) is 1. The Morgan fingerprint density at radius 1 is 1.21 bits per heavy atom. The predicted octanol–water partition coefficient (Wildman–Crippen LogP) is 2.03. The van der Waals surface area contributed by atoms with Crippen molar-refractivity contribution in [2.24, 2.45) is 0 Å². The van der Waals surface area contributed by atoms with E-state index in [9.17, 15) is 14.4 Å². The van der Waals surface area contributed by atoms with Gasteiger partial charge in [-0.1, -0.05) is 25.5 Å². The molecule has 4 amide bonds. The van der Waals surface area contributed by atoms with Crippen LogP contribution >= 0.6 is 0 Å². The number of nitrogens with zero attached hydrogens (tertiary/aromatic N) is 4. The van der Waals surface area contributed by atoms with Crippen LogP contribution in [0, 0.1) is 0 Å². The second-order valence-corrected chi connectivity index (χ2v) is 8.55. The molecule has 2 aliphatic heterocycles. The summed E-state index contributed by atoms with van der Waals surface area (Å²) in [7, 11) is 3.32. The molecule has 0 spiro atoms. The molecule has 2 aromatic rings. The number of likely N-dealkylation sites (N-methyl/N-ethyl adjacent to an activating group) is 1. The van der Waals surface area contributed by atoms with Crippen LogP contribution in [0.15, 0.2) is 47.1 Å². The van der Waals surface area contributed by atoms with Gasteiger partial charge >= 0.3 is 6.03 Å². The fourth-order valence-corrected chi connectivity index (χ4v) is 4.59. The quantitative estimate of drug-likeness (QED) is 0.666. The molecule has 2 fully saturated rings. The van der Waals surface area contributed by atoms with E-state index in [0.29, 0.717) is 18.7 Å². The number of methoxy groups -OCH3 is 1. The zero-order valence-corrected chi connectivity index (χ0v) is 19.8. The number of carbonyl (C=O) groups excluding carboxylic acids is 3. The van der Waals surface area contributed by atoms with E-state index in [2.05, 4.69) is 5.32 Å². The van der Waals surface area contributed by atoms with Gasteiger partial charge in [0.2, 0.25) is 11.8 Å². The van der Waals surface area contributed by atoms with E-state index in [1.165, 1.54) is 0 Å². The first-order valence-electron chi connectivity index (χ1n) is 11.5. The van der Waals surface area contributed by atoms with Gasteiger partial charge in [0.25, 0.3) is 0 Å². The Balaban J connectivity index is 1.55. The summed E-state index contributed by atoms with van der Waals surface area (Å²) in [6, 6.07) is 10.1. The van der Waals surface area contributed by atoms with E-state index < -0.39 is 12.2 Å². The van der Waals surface area contributed by atoms with Crippen LogP contribution in [0.3, 0.4) is 0 Å². The normalized spacial score (nSPS) is 21.0. The molecule has 2 aliphatic rings. The van der Waals surface area contributed by atoms with E-state index in [1.54, 1.807) is 46.3 Å². The molecule has 0 aliphatic carbocycles. The summed E-state index contributed by atoms with van der Waals surface area (Å²) >= 11 is 0. The van der Waals surface area contributed by atoms with Gasteiger partial charge in [0, 0.05) is 13.6 Å². The van der Waals surface area contributed by atoms with Crippen molar-refractivity contribution in [2.75, 3.05) is 27.2 Å². The number of nitrogens with one attached hydrogen (secondary N) is 1. The van der Waals surface area contributed by atoms with Crippen LogP contribution in [-0.4, -0.2) is 77.1 Å². The SMILES string of the molecule is CCC[C@H]1C(=O)N(Cc2ccco2)C[C@H]2N1C(=O)CN(C)N2C(=O)NCc1ccc(OC)cc1. The maximum Gasteiger partial charge on any atom is 0.334 e. The lowest BCUT2D eigenvalue weighted by Gasteiger charge is -2.54. The van der Waals surface area contributed by atoms with Crippen LogP contribution in [0.2, 0.25) is 0 Å². The van der Waals surface area contributed by atoms with Crippen molar-refractivity contribution in [3.63, 3.8) is 0 Å². The summed E-state index contributed by atoms with van der Waals surface area (Å²) in [6.07, 6.45) is 2.23. The lowest BCUT2D eigenvalue weighted by Crippen LogP contribution is -2.75. The van der Waals surface area contributed by atoms with Gasteiger partial charge in [-0.15, -0.1) is 0 Å². The number of hydrogen-bond acceptors (Lipinski definition) is 6. The second kappa shape index (κ2) is 10.2. The third kappa shape index (κ3) is 4.72. The highest BCUT2D eigenvalue weighted by molar-refractivity contribution is 5.91. The Morgan fingerprint density at radius 2 is 1.97 bits per heavy atom. The van der Waals surface area contributed by atoms with E-state index in [0.717, 1.165) is 17.7 Å². The van der Waals surface area contributed by atoms with Gasteiger partial charge in [-0.3, -0.25) is 9.59 Å². The van der Waals surface area contributed by atoms with Gasteiger partial charge in [-0.25, -0.2) is 14.8 Å². The molecule has 34 heavy (non-hydrogen) atoms. The second-order valence-electron chi connectivity index (χ2n) is 8.55. The standard InChI is InChI=1S/C24H31N5O5/c1-4-6-20-23(31)27(14-19-7-5-12-34-19)15-21-28(20)22(30)16-26(2)29(21)24(32)25-13-17-8-10-18(33-3)11-9-17/h5,7-12,20-21H,4,6,13-16H2,1-3H3,(H,25,32)/t20-,21-/m0/s1. The molecule has 0 bridgehead atoms. The summed E-state index contributed by atoms with van der Waals surface area (Å²) in [4.78, 5) is 42.9. The predicted molar refractivity (Wildman–Crippen MR) is 123 cm³/mol. The Hall–Kier alpha value is -3.53. The monoisotopic (exact) mass is 469 g/mol. The number of hydrazine groups is 1. The largest absolute Gasteiger partial charge is 0.497 e. The number of fused-ring (bicyclic) bond motifs is 1. The molecule has 1 aromatic carbocycles. The van der Waals surface area contributed by atoms with Gasteiger partial charge < -0.3 is 24.3 Å². The summed E-state index contributed by atoms with van der Waals surface area (Å²) in [5.41, 5.74) is 0.920. The topological polar surface area (TPSA) is 98.6 Å². The number of carbonyl (C=O) groups is 3. The number of piperazine rings is 1. The zero-order valence-electron chi connectivity index (χ0n) is 19.8. The van der Waals surface area contributed by atoms with Gasteiger partial charge in [-0.05, 0) is 36.2 Å². The van der Waals surface area contributed by atoms with Gasteiger partial charge in [0.05, 0.1) is 33.0 Å². The van der Waals surface area contributed by atoms with Crippen molar-refractivity contribution in [3.05, 3.63) is 54.0 Å². The molecule has 4 rings (SSSR count).